The van der Waals surface area contributed by atoms with Crippen LogP contribution < -0.4 is 10.6 Å². The molecule has 3 rings (SSSR count). The molecule has 0 heterocycles. The molecule has 10 heteroatoms. The number of hydrogen-bond donors (Lipinski definition) is 2. The van der Waals surface area contributed by atoms with Crippen molar-refractivity contribution in [2.45, 2.75) is 67.7 Å². The zero-order valence-corrected chi connectivity index (χ0v) is 20.5. The maximum Gasteiger partial charge on any atom is 0.257 e. The van der Waals surface area contributed by atoms with E-state index in [-0.39, 0.29) is 16.9 Å². The maximum absolute atomic E-state index is 14.4. The van der Waals surface area contributed by atoms with Gasteiger partial charge in [0.05, 0.1) is 23.0 Å². The summed E-state index contributed by atoms with van der Waals surface area (Å²) < 4.78 is 65.8. The number of benzene rings is 2. The summed E-state index contributed by atoms with van der Waals surface area (Å²) in [6.45, 7) is 2.51. The van der Waals surface area contributed by atoms with Crippen molar-refractivity contribution in [1.29, 1.82) is 5.26 Å². The monoisotopic (exact) mass is 507 g/mol. The van der Waals surface area contributed by atoms with Gasteiger partial charge in [0.15, 0.2) is 9.84 Å². The Morgan fingerprint density at radius 1 is 1.09 bits per heavy atom. The van der Waals surface area contributed by atoms with E-state index in [1.54, 1.807) is 24.3 Å². The first-order valence-electron chi connectivity index (χ1n) is 11.1. The normalized spacial score (nSPS) is 16.9. The number of carbonyl (C=O) groups is 1. The van der Waals surface area contributed by atoms with E-state index in [9.17, 15) is 31.6 Å². The third-order valence-electron chi connectivity index (χ3n) is 5.85. The van der Waals surface area contributed by atoms with E-state index >= 15 is 0 Å². The molecule has 0 aromatic heterocycles. The van der Waals surface area contributed by atoms with Crippen molar-refractivity contribution in [2.75, 3.05) is 6.26 Å². The Morgan fingerprint density at radius 3 is 2.00 bits per heavy atom. The zero-order chi connectivity index (χ0) is 26.0. The number of alkyl halides is 3. The average Bonchev–Trinajstić information content (AvgIpc) is 3.55. The number of nitrogens with zero attached hydrogens (tertiary/aromatic N) is 1. The van der Waals surface area contributed by atoms with E-state index in [0.29, 0.717) is 24.0 Å². The van der Waals surface area contributed by atoms with Gasteiger partial charge in [0, 0.05) is 12.7 Å². The molecular formula is C25H28F3N3O3S. The van der Waals surface area contributed by atoms with Gasteiger partial charge in [-0.1, -0.05) is 36.4 Å². The quantitative estimate of drug-likeness (QED) is 0.499. The molecule has 2 aromatic carbocycles. The largest absolute Gasteiger partial charge is 0.336 e. The highest BCUT2D eigenvalue weighted by Crippen LogP contribution is 2.35. The number of nitrogens with one attached hydrogen (secondary N) is 2. The fraction of sp³-hybridized carbons (Fsp3) is 0.440. The molecule has 1 fully saturated rings. The van der Waals surface area contributed by atoms with Gasteiger partial charge in [-0.05, 0) is 55.5 Å². The maximum atomic E-state index is 14.4. The van der Waals surface area contributed by atoms with E-state index in [4.69, 9.17) is 0 Å². The summed E-state index contributed by atoms with van der Waals surface area (Å²) in [7, 11) is -3.34. The van der Waals surface area contributed by atoms with Crippen LogP contribution in [0.25, 0.3) is 11.1 Å². The van der Waals surface area contributed by atoms with Gasteiger partial charge < -0.3 is 5.32 Å². The lowest BCUT2D eigenvalue weighted by molar-refractivity contribution is -0.125. The van der Waals surface area contributed by atoms with Crippen LogP contribution in [0.3, 0.4) is 0 Å². The Kier molecular flexibility index (Phi) is 7.62. The molecule has 0 spiro atoms. The summed E-state index contributed by atoms with van der Waals surface area (Å²) in [6, 6.07) is 11.6. The lowest BCUT2D eigenvalue weighted by Gasteiger charge is -2.29. The molecule has 2 aromatic rings. The number of hydrogen-bond acceptors (Lipinski definition) is 5. The molecule has 0 saturated heterocycles. The number of rotatable bonds is 10. The van der Waals surface area contributed by atoms with Gasteiger partial charge in [0.2, 0.25) is 5.91 Å². The molecule has 2 N–H and O–H groups in total. The third-order valence-corrected chi connectivity index (χ3v) is 6.98. The number of amides is 1. The Hall–Kier alpha value is -2.90. The van der Waals surface area contributed by atoms with Crippen LogP contribution >= 0.6 is 0 Å². The van der Waals surface area contributed by atoms with Crippen LogP contribution in [0.1, 0.15) is 44.7 Å². The van der Waals surface area contributed by atoms with E-state index < -0.39 is 45.5 Å². The van der Waals surface area contributed by atoms with Crippen LogP contribution in [-0.2, 0) is 14.6 Å². The Morgan fingerprint density at radius 2 is 1.60 bits per heavy atom. The highest BCUT2D eigenvalue weighted by molar-refractivity contribution is 7.90. The molecule has 6 nitrogen and oxygen atoms in total. The van der Waals surface area contributed by atoms with Crippen LogP contribution in [0, 0.1) is 11.3 Å². The van der Waals surface area contributed by atoms with Crippen LogP contribution in [0.15, 0.2) is 53.4 Å². The highest BCUT2D eigenvalue weighted by Gasteiger charge is 2.46. The minimum Gasteiger partial charge on any atom is -0.336 e. The van der Waals surface area contributed by atoms with Crippen LogP contribution in [-0.4, -0.2) is 44.3 Å². The molecule has 2 atom stereocenters. The molecule has 0 bridgehead atoms. The number of halogens is 3. The molecule has 188 valence electrons. The number of carbonyl (C=O) groups excluding carboxylic acids is 1. The van der Waals surface area contributed by atoms with E-state index in [0.717, 1.165) is 6.26 Å². The van der Waals surface area contributed by atoms with Crippen molar-refractivity contribution in [1.82, 2.24) is 10.6 Å². The fourth-order valence-electron chi connectivity index (χ4n) is 3.73. The SMILES string of the molecule is CC(C)(F)C[C@H](N[C@@H](c1ccc(-c2ccc(S(C)(=O)=O)cc2)cc1)C(F)F)C(=O)NC1(C#N)CC1. The second-order valence-electron chi connectivity index (χ2n) is 9.56. The predicted molar refractivity (Wildman–Crippen MR) is 126 cm³/mol. The number of sulfone groups is 1. The van der Waals surface area contributed by atoms with Crippen LogP contribution in [0.4, 0.5) is 13.2 Å². The highest BCUT2D eigenvalue weighted by atomic mass is 32.2. The van der Waals surface area contributed by atoms with Gasteiger partial charge in [-0.3, -0.25) is 10.1 Å². The first kappa shape index (κ1) is 26.7. The smallest absolute Gasteiger partial charge is 0.257 e. The topological polar surface area (TPSA) is 99.1 Å². The molecule has 0 radical (unpaired) electrons. The Bertz CT molecular complexity index is 1200. The lowest BCUT2D eigenvalue weighted by atomic mass is 9.96. The van der Waals surface area contributed by atoms with E-state index in [1.807, 2.05) is 6.07 Å². The standard InChI is InChI=1S/C25H28F3N3O3S/c1-24(2,28)14-20(23(32)31-25(15-29)12-13-25)30-21(22(26)27)18-6-4-16(5-7-18)17-8-10-19(11-9-17)35(3,33)34/h4-11,20-22,30H,12-14H2,1-3H3,(H,31,32)/t20-,21-/m0/s1. The van der Waals surface area contributed by atoms with Crippen molar-refractivity contribution in [3.63, 3.8) is 0 Å². The van der Waals surface area contributed by atoms with Crippen molar-refractivity contribution in [3.8, 4) is 17.2 Å². The van der Waals surface area contributed by atoms with Gasteiger partial charge in [0.1, 0.15) is 11.2 Å². The molecule has 1 aliphatic carbocycles. The second-order valence-corrected chi connectivity index (χ2v) is 11.6. The molecule has 0 unspecified atom stereocenters. The molecule has 0 aliphatic heterocycles. The van der Waals surface area contributed by atoms with Crippen molar-refractivity contribution in [2.24, 2.45) is 0 Å². The fourth-order valence-corrected chi connectivity index (χ4v) is 4.36. The summed E-state index contributed by atoms with van der Waals surface area (Å²) in [5, 5.41) is 14.4. The molecular weight excluding hydrogens is 479 g/mol. The summed E-state index contributed by atoms with van der Waals surface area (Å²) in [5.74, 6) is -0.692. The summed E-state index contributed by atoms with van der Waals surface area (Å²) in [6.07, 6.45) is -1.21. The molecule has 1 amide bonds. The molecule has 1 saturated carbocycles. The van der Waals surface area contributed by atoms with Gasteiger partial charge >= 0.3 is 0 Å². The Balaban J connectivity index is 1.81. The molecule has 35 heavy (non-hydrogen) atoms. The summed E-state index contributed by atoms with van der Waals surface area (Å²) in [5.41, 5.74) is -1.23. The van der Waals surface area contributed by atoms with Gasteiger partial charge in [-0.2, -0.15) is 5.26 Å². The van der Waals surface area contributed by atoms with Gasteiger partial charge in [-0.15, -0.1) is 0 Å². The summed E-state index contributed by atoms with van der Waals surface area (Å²) >= 11 is 0. The van der Waals surface area contributed by atoms with Crippen LogP contribution in [0.5, 0.6) is 0 Å². The predicted octanol–water partition coefficient (Wildman–Crippen LogP) is 4.33. The van der Waals surface area contributed by atoms with Crippen molar-refractivity contribution in [3.05, 3.63) is 54.1 Å². The van der Waals surface area contributed by atoms with Crippen LogP contribution in [0.2, 0.25) is 0 Å². The minimum absolute atomic E-state index is 0.171. The van der Waals surface area contributed by atoms with E-state index in [1.165, 1.54) is 38.1 Å². The lowest BCUT2D eigenvalue weighted by Crippen LogP contribution is -2.52. The summed E-state index contributed by atoms with van der Waals surface area (Å²) in [4.78, 5) is 13.0. The van der Waals surface area contributed by atoms with E-state index in [2.05, 4.69) is 10.6 Å². The average molecular weight is 508 g/mol. The van der Waals surface area contributed by atoms with Crippen molar-refractivity contribution < 1.29 is 26.4 Å². The molecule has 1 aliphatic rings. The Labute approximate surface area is 203 Å². The van der Waals surface area contributed by atoms with Gasteiger partial charge in [0.25, 0.3) is 6.43 Å². The first-order valence-corrected chi connectivity index (χ1v) is 13.0. The van der Waals surface area contributed by atoms with Gasteiger partial charge in [-0.25, -0.2) is 21.6 Å². The van der Waals surface area contributed by atoms with Crippen molar-refractivity contribution >= 4 is 15.7 Å². The second kappa shape index (κ2) is 9.99. The first-order chi connectivity index (χ1) is 16.2. The third kappa shape index (κ3) is 7.05. The zero-order valence-electron chi connectivity index (χ0n) is 19.7. The minimum atomic E-state index is -3.34. The number of nitriles is 1.